The van der Waals surface area contributed by atoms with Crippen molar-refractivity contribution < 1.29 is 35.8 Å². The molecule has 0 saturated heterocycles. The zero-order valence-corrected chi connectivity index (χ0v) is 10.7. The van der Waals surface area contributed by atoms with E-state index < -0.39 is 23.6 Å². The van der Waals surface area contributed by atoms with Crippen LogP contribution in [0, 0.1) is 0 Å². The van der Waals surface area contributed by atoms with Crippen LogP contribution in [0.25, 0.3) is 0 Å². The van der Waals surface area contributed by atoms with Crippen LogP contribution >= 0.6 is 0 Å². The summed E-state index contributed by atoms with van der Waals surface area (Å²) in [6.07, 6.45) is -5.13. The van der Waals surface area contributed by atoms with Crippen molar-refractivity contribution in [3.05, 3.63) is 35.4 Å². The Bertz CT molecular complexity index is 451. The van der Waals surface area contributed by atoms with Gasteiger partial charge in [-0.3, -0.25) is 0 Å². The highest BCUT2D eigenvalue weighted by Crippen LogP contribution is 2.51. The second kappa shape index (κ2) is 6.21. The van der Waals surface area contributed by atoms with Gasteiger partial charge in [-0.2, -0.15) is 30.7 Å². The number of aryl methyl sites for hydroxylation is 1. The van der Waals surface area contributed by atoms with Crippen molar-refractivity contribution in [3.8, 4) is 0 Å². The molecule has 1 rings (SSSR count). The summed E-state index contributed by atoms with van der Waals surface area (Å²) < 4.78 is 88.5. The fourth-order valence-corrected chi connectivity index (χ4v) is 1.67. The summed E-state index contributed by atoms with van der Waals surface area (Å²) in [4.78, 5) is 0. The van der Waals surface area contributed by atoms with Gasteiger partial charge in [0, 0.05) is 5.56 Å². The minimum atomic E-state index is -6.34. The maximum Gasteiger partial charge on any atom is 0.460 e. The third-order valence-corrected chi connectivity index (χ3v) is 2.93. The van der Waals surface area contributed by atoms with E-state index in [-0.39, 0.29) is 6.61 Å². The van der Waals surface area contributed by atoms with Gasteiger partial charge < -0.3 is 0 Å². The van der Waals surface area contributed by atoms with Gasteiger partial charge in [0.2, 0.25) is 0 Å². The average molecular weight is 317 g/mol. The molecule has 0 aliphatic carbocycles. The van der Waals surface area contributed by atoms with Crippen LogP contribution in [0.1, 0.15) is 24.0 Å². The van der Waals surface area contributed by atoms with E-state index in [4.69, 9.17) is 0 Å². The lowest BCUT2D eigenvalue weighted by Crippen LogP contribution is -2.50. The highest BCUT2D eigenvalue weighted by Gasteiger charge is 2.73. The molecule has 1 nitrogen and oxygen atoms in total. The molecule has 0 unspecified atom stereocenters. The van der Waals surface area contributed by atoms with E-state index in [9.17, 15) is 35.8 Å². The van der Waals surface area contributed by atoms with Crippen LogP contribution in [0.5, 0.6) is 0 Å². The van der Waals surface area contributed by atoms with E-state index in [1.165, 1.54) is 0 Å². The highest BCUT2D eigenvalue weighted by atomic mass is 19.4. The first-order chi connectivity index (χ1) is 9.54. The third kappa shape index (κ3) is 3.66. The number of hydrogen-bond donors (Lipinski definition) is 0. The normalized spacial score (nSPS) is 13.5. The zero-order chi connectivity index (χ0) is 16.3. The summed E-state index contributed by atoms with van der Waals surface area (Å²) in [6.45, 7) is -0.298. The number of unbranched alkanes of at least 4 members (excludes halogenated alkanes) is 1. The quantitative estimate of drug-likeness (QED) is 0.534. The van der Waals surface area contributed by atoms with Gasteiger partial charge in [-0.15, -0.1) is 0 Å². The van der Waals surface area contributed by atoms with Crippen molar-refractivity contribution in [2.45, 2.75) is 37.3 Å². The molecular formula is C13H12F7O. The first-order valence-corrected chi connectivity index (χ1v) is 6.04. The molecule has 1 radical (unpaired) electrons. The Labute approximate surface area is 116 Å². The number of halogens is 7. The van der Waals surface area contributed by atoms with Gasteiger partial charge in [-0.1, -0.05) is 24.3 Å². The lowest BCUT2D eigenvalue weighted by Gasteiger charge is -2.28. The first kappa shape index (κ1) is 17.7. The fraction of sp³-hybridized carbons (Fsp3) is 0.538. The molecule has 0 aromatic heterocycles. The molecule has 0 atom stereocenters. The van der Waals surface area contributed by atoms with Gasteiger partial charge in [0.25, 0.3) is 0 Å². The molecule has 21 heavy (non-hydrogen) atoms. The fourth-order valence-electron chi connectivity index (χ4n) is 1.67. The second-order valence-electron chi connectivity index (χ2n) is 4.50. The molecule has 119 valence electrons. The topological polar surface area (TPSA) is 19.9 Å². The van der Waals surface area contributed by atoms with Gasteiger partial charge in [0.15, 0.2) is 0 Å². The third-order valence-electron chi connectivity index (χ3n) is 2.93. The summed E-state index contributed by atoms with van der Waals surface area (Å²) in [5.74, 6) is -11.5. The van der Waals surface area contributed by atoms with Crippen molar-refractivity contribution >= 4 is 0 Å². The molecule has 1 aromatic carbocycles. The first-order valence-electron chi connectivity index (χ1n) is 6.04. The van der Waals surface area contributed by atoms with Crippen LogP contribution in [0.3, 0.4) is 0 Å². The van der Waals surface area contributed by atoms with Crippen LogP contribution in [-0.2, 0) is 17.4 Å². The minimum absolute atomic E-state index is 0.298. The van der Waals surface area contributed by atoms with Crippen LogP contribution in [0.4, 0.5) is 30.7 Å². The van der Waals surface area contributed by atoms with Crippen molar-refractivity contribution in [1.82, 2.24) is 0 Å². The molecule has 0 heterocycles. The van der Waals surface area contributed by atoms with Crippen LogP contribution in [0.15, 0.2) is 24.3 Å². The maximum atomic E-state index is 13.4. The highest BCUT2D eigenvalue weighted by molar-refractivity contribution is 5.28. The van der Waals surface area contributed by atoms with Crippen LogP contribution < -0.4 is 0 Å². The molecule has 0 aliphatic rings. The molecule has 0 amide bonds. The molecule has 0 bridgehead atoms. The van der Waals surface area contributed by atoms with Gasteiger partial charge >= 0.3 is 18.0 Å². The molecule has 8 heteroatoms. The van der Waals surface area contributed by atoms with Gasteiger partial charge in [-0.25, -0.2) is 5.11 Å². The van der Waals surface area contributed by atoms with E-state index >= 15 is 0 Å². The van der Waals surface area contributed by atoms with E-state index in [2.05, 4.69) is 0 Å². The Balaban J connectivity index is 2.94. The van der Waals surface area contributed by atoms with Gasteiger partial charge in [-0.05, 0) is 24.8 Å². The maximum absolute atomic E-state index is 13.4. The Kier molecular flexibility index (Phi) is 5.25. The summed E-state index contributed by atoms with van der Waals surface area (Å²) in [5.41, 5.74) is -0.921. The molecular weight excluding hydrogens is 305 g/mol. The van der Waals surface area contributed by atoms with Gasteiger partial charge in [0.05, 0.1) is 6.61 Å². The number of hydrogen-bond acceptors (Lipinski definition) is 0. The molecule has 0 saturated carbocycles. The van der Waals surface area contributed by atoms with Crippen molar-refractivity contribution in [1.29, 1.82) is 0 Å². The number of benzene rings is 1. The molecule has 0 N–H and O–H groups in total. The standard InChI is InChI=1S/C13H12F7O/c14-11(15,12(16,17)13(18,19)20)10-6-4-9(5-7-10)3-1-2-8-21/h4-7H,1-3,8H2. The van der Waals surface area contributed by atoms with E-state index in [0.29, 0.717) is 37.0 Å². The Morgan fingerprint density at radius 2 is 1.33 bits per heavy atom. The lowest BCUT2D eigenvalue weighted by atomic mass is 9.99. The van der Waals surface area contributed by atoms with E-state index in [0.717, 1.165) is 12.1 Å². The summed E-state index contributed by atoms with van der Waals surface area (Å²) in [5, 5.41) is 10.2. The summed E-state index contributed by atoms with van der Waals surface area (Å²) in [6, 6.07) is 3.21. The average Bonchev–Trinajstić information content (AvgIpc) is 2.38. The SMILES string of the molecule is [O]CCCCc1ccc(C(F)(F)C(F)(F)C(F)(F)F)cc1. The monoisotopic (exact) mass is 317 g/mol. The Hall–Kier alpha value is -1.31. The summed E-state index contributed by atoms with van der Waals surface area (Å²) >= 11 is 0. The van der Waals surface area contributed by atoms with E-state index in [1.807, 2.05) is 0 Å². The number of alkyl halides is 7. The predicted molar refractivity (Wildman–Crippen MR) is 59.8 cm³/mol. The van der Waals surface area contributed by atoms with Crippen LogP contribution in [-0.4, -0.2) is 18.7 Å². The van der Waals surface area contributed by atoms with Crippen molar-refractivity contribution in [2.24, 2.45) is 0 Å². The lowest BCUT2D eigenvalue weighted by molar-refractivity contribution is -0.359. The largest absolute Gasteiger partial charge is 0.460 e. The zero-order valence-electron chi connectivity index (χ0n) is 10.7. The predicted octanol–water partition coefficient (Wildman–Crippen LogP) is 4.73. The number of rotatable bonds is 6. The smallest absolute Gasteiger partial charge is 0.237 e. The molecule has 0 spiro atoms. The van der Waals surface area contributed by atoms with E-state index in [1.54, 1.807) is 0 Å². The second-order valence-corrected chi connectivity index (χ2v) is 4.50. The molecule has 1 aromatic rings. The Morgan fingerprint density at radius 3 is 1.76 bits per heavy atom. The molecule has 0 aliphatic heterocycles. The minimum Gasteiger partial charge on any atom is -0.237 e. The summed E-state index contributed by atoms with van der Waals surface area (Å²) in [7, 11) is 0. The molecule has 0 fully saturated rings. The van der Waals surface area contributed by atoms with Crippen molar-refractivity contribution in [3.63, 3.8) is 0 Å². The van der Waals surface area contributed by atoms with Crippen LogP contribution in [0.2, 0.25) is 0 Å². The van der Waals surface area contributed by atoms with Crippen molar-refractivity contribution in [2.75, 3.05) is 6.61 Å². The Morgan fingerprint density at radius 1 is 0.810 bits per heavy atom. The van der Waals surface area contributed by atoms with Gasteiger partial charge in [0.1, 0.15) is 0 Å².